The number of carbonyl (C=O) groups excluding carboxylic acids is 1. The molecule has 0 aliphatic heterocycles. The molecule has 1 amide bonds. The lowest BCUT2D eigenvalue weighted by atomic mass is 10.3. The van der Waals surface area contributed by atoms with Crippen molar-refractivity contribution in [2.45, 2.75) is 0 Å². The lowest BCUT2D eigenvalue weighted by molar-refractivity contribution is -0.131. The molecule has 0 fully saturated rings. The normalized spacial score (nSPS) is 10.5. The molecule has 0 atom stereocenters. The Balaban J connectivity index is 2.17. The minimum atomic E-state index is -1.17. The average molecular weight is 257 g/mol. The van der Waals surface area contributed by atoms with Crippen molar-refractivity contribution >= 4 is 17.7 Å². The van der Waals surface area contributed by atoms with Crippen LogP contribution in [0, 0.1) is 0 Å². The summed E-state index contributed by atoms with van der Waals surface area (Å²) in [5.41, 5.74) is 0.796. The average Bonchev–Trinajstić information content (AvgIpc) is 2.85. The van der Waals surface area contributed by atoms with Gasteiger partial charge in [-0.2, -0.15) is 5.10 Å². The standard InChI is InChI=1S/C13H11N3O3/c17-12(6-7-13(18)19)15-11-8-9-14-16(11)10-4-2-1-3-5-10/h1-9H,(H,15,17)(H,18,19)/b7-6+. The lowest BCUT2D eigenvalue weighted by Gasteiger charge is -2.07. The molecule has 6 heteroatoms. The van der Waals surface area contributed by atoms with Crippen LogP contribution in [0.3, 0.4) is 0 Å². The second-order valence-corrected chi connectivity index (χ2v) is 3.62. The van der Waals surface area contributed by atoms with Crippen LogP contribution in [0.4, 0.5) is 5.82 Å². The monoisotopic (exact) mass is 257 g/mol. The van der Waals surface area contributed by atoms with Gasteiger partial charge in [-0.15, -0.1) is 0 Å². The zero-order chi connectivity index (χ0) is 13.7. The Morgan fingerprint density at radius 2 is 1.89 bits per heavy atom. The third-order valence-corrected chi connectivity index (χ3v) is 2.27. The summed E-state index contributed by atoms with van der Waals surface area (Å²) in [6, 6.07) is 10.9. The number of nitrogens with zero attached hydrogens (tertiary/aromatic N) is 2. The Kier molecular flexibility index (Phi) is 3.72. The van der Waals surface area contributed by atoms with E-state index in [2.05, 4.69) is 10.4 Å². The van der Waals surface area contributed by atoms with Gasteiger partial charge in [0.15, 0.2) is 0 Å². The fourth-order valence-electron chi connectivity index (χ4n) is 1.49. The Labute approximate surface area is 109 Å². The van der Waals surface area contributed by atoms with Gasteiger partial charge in [-0.05, 0) is 12.1 Å². The highest BCUT2D eigenvalue weighted by atomic mass is 16.4. The van der Waals surface area contributed by atoms with Crippen molar-refractivity contribution in [3.05, 3.63) is 54.7 Å². The van der Waals surface area contributed by atoms with Crippen molar-refractivity contribution in [1.29, 1.82) is 0 Å². The number of benzene rings is 1. The summed E-state index contributed by atoms with van der Waals surface area (Å²) in [5, 5.41) is 15.1. The Hall–Kier alpha value is -2.89. The summed E-state index contributed by atoms with van der Waals surface area (Å²) < 4.78 is 1.55. The summed E-state index contributed by atoms with van der Waals surface area (Å²) >= 11 is 0. The third-order valence-electron chi connectivity index (χ3n) is 2.27. The van der Waals surface area contributed by atoms with Gasteiger partial charge < -0.3 is 10.4 Å². The Morgan fingerprint density at radius 1 is 1.16 bits per heavy atom. The molecule has 6 nitrogen and oxygen atoms in total. The molecule has 19 heavy (non-hydrogen) atoms. The Morgan fingerprint density at radius 3 is 2.58 bits per heavy atom. The molecule has 1 heterocycles. The van der Waals surface area contributed by atoms with Gasteiger partial charge in [-0.25, -0.2) is 9.48 Å². The predicted molar refractivity (Wildman–Crippen MR) is 69.0 cm³/mol. The van der Waals surface area contributed by atoms with Crippen LogP contribution in [0.1, 0.15) is 0 Å². The van der Waals surface area contributed by atoms with Crippen LogP contribution < -0.4 is 5.32 Å². The largest absolute Gasteiger partial charge is 0.478 e. The molecule has 2 N–H and O–H groups in total. The maximum Gasteiger partial charge on any atom is 0.328 e. The number of anilines is 1. The Bertz CT molecular complexity index is 617. The van der Waals surface area contributed by atoms with Gasteiger partial charge in [-0.3, -0.25) is 4.79 Å². The fraction of sp³-hybridized carbons (Fsp3) is 0. The SMILES string of the molecule is O=C(O)/C=C/C(=O)Nc1ccnn1-c1ccccc1. The number of amides is 1. The summed E-state index contributed by atoms with van der Waals surface area (Å²) in [6.45, 7) is 0. The van der Waals surface area contributed by atoms with Gasteiger partial charge in [0.05, 0.1) is 11.9 Å². The minimum absolute atomic E-state index is 0.464. The molecule has 2 rings (SSSR count). The summed E-state index contributed by atoms with van der Waals surface area (Å²) in [5.74, 6) is -1.24. The zero-order valence-electron chi connectivity index (χ0n) is 9.85. The summed E-state index contributed by atoms with van der Waals surface area (Å²) in [6.07, 6.45) is 3.27. The number of aromatic nitrogens is 2. The third kappa shape index (κ3) is 3.29. The summed E-state index contributed by atoms with van der Waals surface area (Å²) in [7, 11) is 0. The first-order chi connectivity index (χ1) is 9.16. The van der Waals surface area contributed by atoms with Gasteiger partial charge in [-0.1, -0.05) is 18.2 Å². The second kappa shape index (κ2) is 5.63. The fourth-order valence-corrected chi connectivity index (χ4v) is 1.49. The molecular weight excluding hydrogens is 246 g/mol. The van der Waals surface area contributed by atoms with E-state index >= 15 is 0 Å². The van der Waals surface area contributed by atoms with E-state index in [1.807, 2.05) is 30.3 Å². The molecule has 0 saturated carbocycles. The molecule has 1 aromatic heterocycles. The van der Waals surface area contributed by atoms with Crippen LogP contribution >= 0.6 is 0 Å². The van der Waals surface area contributed by atoms with Gasteiger partial charge in [0.1, 0.15) is 5.82 Å². The van der Waals surface area contributed by atoms with Crippen LogP contribution in [0.15, 0.2) is 54.7 Å². The molecule has 0 radical (unpaired) electrons. The van der Waals surface area contributed by atoms with Gasteiger partial charge in [0.2, 0.25) is 5.91 Å². The number of para-hydroxylation sites is 1. The number of hydrogen-bond donors (Lipinski definition) is 2. The maximum atomic E-state index is 11.5. The van der Waals surface area contributed by atoms with Crippen LogP contribution in [-0.2, 0) is 9.59 Å². The van der Waals surface area contributed by atoms with Crippen LogP contribution in [0.5, 0.6) is 0 Å². The van der Waals surface area contributed by atoms with Crippen LogP contribution in [-0.4, -0.2) is 26.8 Å². The van der Waals surface area contributed by atoms with Gasteiger partial charge in [0.25, 0.3) is 0 Å². The highest BCUT2D eigenvalue weighted by molar-refractivity contribution is 6.01. The molecule has 0 aliphatic carbocycles. The van der Waals surface area contributed by atoms with E-state index in [1.165, 1.54) is 0 Å². The van der Waals surface area contributed by atoms with Gasteiger partial charge in [0, 0.05) is 18.2 Å². The predicted octanol–water partition coefficient (Wildman–Crippen LogP) is 1.45. The first kappa shape index (κ1) is 12.6. The quantitative estimate of drug-likeness (QED) is 0.812. The number of carbonyl (C=O) groups is 2. The molecule has 1 aromatic carbocycles. The number of hydrogen-bond acceptors (Lipinski definition) is 3. The number of nitrogens with one attached hydrogen (secondary N) is 1. The molecule has 2 aromatic rings. The van der Waals surface area contributed by atoms with Crippen molar-refractivity contribution in [2.75, 3.05) is 5.32 Å². The zero-order valence-corrected chi connectivity index (χ0v) is 9.85. The smallest absolute Gasteiger partial charge is 0.328 e. The molecule has 96 valence electrons. The lowest BCUT2D eigenvalue weighted by Crippen LogP contribution is -2.12. The molecule has 0 unspecified atom stereocenters. The van der Waals surface area contributed by atoms with E-state index in [0.29, 0.717) is 5.82 Å². The molecule has 0 aliphatic rings. The van der Waals surface area contributed by atoms with E-state index in [0.717, 1.165) is 17.8 Å². The number of carboxylic acid groups (broad SMARTS) is 1. The minimum Gasteiger partial charge on any atom is -0.478 e. The molecule has 0 bridgehead atoms. The van der Waals surface area contributed by atoms with Crippen LogP contribution in [0.2, 0.25) is 0 Å². The van der Waals surface area contributed by atoms with E-state index in [9.17, 15) is 9.59 Å². The van der Waals surface area contributed by atoms with Crippen molar-refractivity contribution < 1.29 is 14.7 Å². The molecule has 0 saturated heterocycles. The van der Waals surface area contributed by atoms with E-state index in [-0.39, 0.29) is 0 Å². The maximum absolute atomic E-state index is 11.5. The van der Waals surface area contributed by atoms with Crippen molar-refractivity contribution in [1.82, 2.24) is 9.78 Å². The molecule has 0 spiro atoms. The van der Waals surface area contributed by atoms with Crippen molar-refractivity contribution in [2.24, 2.45) is 0 Å². The van der Waals surface area contributed by atoms with Crippen LogP contribution in [0.25, 0.3) is 5.69 Å². The van der Waals surface area contributed by atoms with Gasteiger partial charge >= 0.3 is 5.97 Å². The second-order valence-electron chi connectivity index (χ2n) is 3.62. The van der Waals surface area contributed by atoms with Crippen molar-refractivity contribution in [3.8, 4) is 5.69 Å². The number of rotatable bonds is 4. The summed E-state index contributed by atoms with van der Waals surface area (Å²) in [4.78, 5) is 21.8. The highest BCUT2D eigenvalue weighted by Gasteiger charge is 2.06. The highest BCUT2D eigenvalue weighted by Crippen LogP contribution is 2.14. The topological polar surface area (TPSA) is 84.2 Å². The number of carboxylic acids is 1. The first-order valence-electron chi connectivity index (χ1n) is 5.48. The van der Waals surface area contributed by atoms with Crippen molar-refractivity contribution in [3.63, 3.8) is 0 Å². The first-order valence-corrected chi connectivity index (χ1v) is 5.48. The number of aliphatic carboxylic acids is 1. The molecular formula is C13H11N3O3. The van der Waals surface area contributed by atoms with E-state index in [4.69, 9.17) is 5.11 Å². The van der Waals surface area contributed by atoms with E-state index < -0.39 is 11.9 Å². The van der Waals surface area contributed by atoms with E-state index in [1.54, 1.807) is 16.9 Å².